The van der Waals surface area contributed by atoms with Crippen LogP contribution < -0.4 is 11.1 Å². The zero-order valence-corrected chi connectivity index (χ0v) is 20.4. The molecule has 1 saturated heterocycles. The van der Waals surface area contributed by atoms with Crippen LogP contribution in [0.3, 0.4) is 0 Å². The SMILES string of the molecule is NC[C@@H]1CCCO1.O=C(NC1CCCC1)c1c(-c2ccc3[nH]ncc3c2)nnn1Cc1ccccc1. The summed E-state index contributed by atoms with van der Waals surface area (Å²) in [4.78, 5) is 13.3. The summed E-state index contributed by atoms with van der Waals surface area (Å²) in [6.07, 6.45) is 8.89. The van der Waals surface area contributed by atoms with Gasteiger partial charge in [-0.25, -0.2) is 4.68 Å². The van der Waals surface area contributed by atoms with E-state index in [0.29, 0.717) is 30.6 Å². The number of amides is 1. The highest BCUT2D eigenvalue weighted by Crippen LogP contribution is 2.26. The molecule has 4 N–H and O–H groups in total. The molecular formula is C27H33N7O2. The second kappa shape index (κ2) is 11.5. The van der Waals surface area contributed by atoms with Crippen molar-refractivity contribution in [2.45, 2.75) is 57.2 Å². The zero-order chi connectivity index (χ0) is 24.7. The minimum absolute atomic E-state index is 0.111. The first-order valence-corrected chi connectivity index (χ1v) is 12.7. The average molecular weight is 488 g/mol. The molecule has 0 radical (unpaired) electrons. The number of nitrogens with one attached hydrogen (secondary N) is 2. The smallest absolute Gasteiger partial charge is 0.272 e. The van der Waals surface area contributed by atoms with Crippen molar-refractivity contribution in [1.82, 2.24) is 30.5 Å². The molecule has 2 aromatic heterocycles. The molecule has 1 amide bonds. The lowest BCUT2D eigenvalue weighted by Crippen LogP contribution is -2.34. The first kappa shape index (κ1) is 24.1. The predicted octanol–water partition coefficient (Wildman–Crippen LogP) is 3.67. The Morgan fingerprint density at radius 2 is 1.94 bits per heavy atom. The summed E-state index contributed by atoms with van der Waals surface area (Å²) in [5.41, 5.74) is 9.29. The fraction of sp³-hybridized carbons (Fsp3) is 0.407. The first-order valence-electron chi connectivity index (χ1n) is 12.7. The Balaban J connectivity index is 0.000000330. The molecule has 0 unspecified atom stereocenters. The Labute approximate surface area is 210 Å². The molecule has 36 heavy (non-hydrogen) atoms. The van der Waals surface area contributed by atoms with Crippen LogP contribution in [-0.2, 0) is 11.3 Å². The molecular weight excluding hydrogens is 454 g/mol. The van der Waals surface area contributed by atoms with Crippen molar-refractivity contribution in [2.24, 2.45) is 5.73 Å². The van der Waals surface area contributed by atoms with Gasteiger partial charge in [-0.1, -0.05) is 54.5 Å². The van der Waals surface area contributed by atoms with Crippen molar-refractivity contribution in [3.8, 4) is 11.3 Å². The van der Waals surface area contributed by atoms with Gasteiger partial charge in [-0.3, -0.25) is 9.89 Å². The van der Waals surface area contributed by atoms with Crippen LogP contribution in [0.4, 0.5) is 0 Å². The van der Waals surface area contributed by atoms with Gasteiger partial charge in [0.15, 0.2) is 5.69 Å². The van der Waals surface area contributed by atoms with Gasteiger partial charge >= 0.3 is 0 Å². The number of aromatic amines is 1. The number of hydrogen-bond acceptors (Lipinski definition) is 6. The molecule has 4 aromatic rings. The highest BCUT2D eigenvalue weighted by atomic mass is 16.5. The monoisotopic (exact) mass is 487 g/mol. The number of ether oxygens (including phenoxy) is 1. The lowest BCUT2D eigenvalue weighted by Gasteiger charge is -2.14. The Bertz CT molecular complexity index is 1270. The summed E-state index contributed by atoms with van der Waals surface area (Å²) in [5, 5.41) is 19.9. The van der Waals surface area contributed by atoms with Crippen molar-refractivity contribution in [2.75, 3.05) is 13.2 Å². The quantitative estimate of drug-likeness (QED) is 0.381. The van der Waals surface area contributed by atoms with Gasteiger partial charge in [0.2, 0.25) is 0 Å². The van der Waals surface area contributed by atoms with E-state index in [1.54, 1.807) is 10.9 Å². The number of fused-ring (bicyclic) bond motifs is 1. The topological polar surface area (TPSA) is 124 Å². The van der Waals surface area contributed by atoms with E-state index in [0.717, 1.165) is 60.7 Å². The molecule has 0 spiro atoms. The summed E-state index contributed by atoms with van der Waals surface area (Å²) in [6, 6.07) is 16.1. The molecule has 1 aliphatic carbocycles. The maximum Gasteiger partial charge on any atom is 0.272 e. The lowest BCUT2D eigenvalue weighted by atomic mass is 10.1. The summed E-state index contributed by atoms with van der Waals surface area (Å²) in [6.45, 7) is 2.11. The number of hydrogen-bond donors (Lipinski definition) is 3. The third-order valence-electron chi connectivity index (χ3n) is 6.82. The Morgan fingerprint density at radius 1 is 1.11 bits per heavy atom. The number of carbonyl (C=O) groups excluding carboxylic acids is 1. The molecule has 9 heteroatoms. The lowest BCUT2D eigenvalue weighted by molar-refractivity contribution is 0.0928. The number of nitrogens with two attached hydrogens (primary N) is 1. The molecule has 188 valence electrons. The maximum absolute atomic E-state index is 13.3. The standard InChI is InChI=1S/C22H22N6O.C5H11NO/c29-22(24-18-8-4-5-9-18)21-20(16-10-11-19-17(12-16)13-23-25-19)26-27-28(21)14-15-6-2-1-3-7-15;6-4-5-2-1-3-7-5/h1-3,6-7,10-13,18H,4-5,8-9,14H2,(H,23,25)(H,24,29);5H,1-4,6H2/t;5-/m.0/s1. The number of rotatable bonds is 6. The Hall–Kier alpha value is -3.56. The van der Waals surface area contributed by atoms with Crippen LogP contribution in [0, 0.1) is 0 Å². The molecule has 3 heterocycles. The van der Waals surface area contributed by atoms with Gasteiger partial charge in [-0.15, -0.1) is 5.10 Å². The van der Waals surface area contributed by atoms with Crippen LogP contribution >= 0.6 is 0 Å². The molecule has 1 saturated carbocycles. The van der Waals surface area contributed by atoms with Gasteiger partial charge in [-0.05, 0) is 43.4 Å². The van der Waals surface area contributed by atoms with E-state index in [-0.39, 0.29) is 11.9 Å². The molecule has 2 aromatic carbocycles. The Kier molecular flexibility index (Phi) is 7.68. The van der Waals surface area contributed by atoms with E-state index >= 15 is 0 Å². The number of H-pyrrole nitrogens is 1. The number of nitrogens with zero attached hydrogens (tertiary/aromatic N) is 4. The van der Waals surface area contributed by atoms with Crippen LogP contribution in [0.1, 0.15) is 54.6 Å². The minimum Gasteiger partial charge on any atom is -0.377 e. The molecule has 1 atom stereocenters. The second-order valence-corrected chi connectivity index (χ2v) is 9.43. The predicted molar refractivity (Wildman–Crippen MR) is 138 cm³/mol. The second-order valence-electron chi connectivity index (χ2n) is 9.43. The fourth-order valence-electron chi connectivity index (χ4n) is 4.84. The van der Waals surface area contributed by atoms with Crippen molar-refractivity contribution in [1.29, 1.82) is 0 Å². The van der Waals surface area contributed by atoms with Crippen LogP contribution in [0.15, 0.2) is 54.7 Å². The van der Waals surface area contributed by atoms with Gasteiger partial charge in [0.1, 0.15) is 5.69 Å². The third kappa shape index (κ3) is 5.63. The van der Waals surface area contributed by atoms with Crippen molar-refractivity contribution in [3.05, 3.63) is 66.0 Å². The van der Waals surface area contributed by atoms with Crippen molar-refractivity contribution < 1.29 is 9.53 Å². The van der Waals surface area contributed by atoms with E-state index in [2.05, 4.69) is 25.8 Å². The fourth-order valence-corrected chi connectivity index (χ4v) is 4.84. The van der Waals surface area contributed by atoms with E-state index in [4.69, 9.17) is 10.5 Å². The van der Waals surface area contributed by atoms with Gasteiger partial charge in [0.05, 0.1) is 24.4 Å². The van der Waals surface area contributed by atoms with Crippen molar-refractivity contribution >= 4 is 16.8 Å². The van der Waals surface area contributed by atoms with Gasteiger partial charge in [0.25, 0.3) is 5.91 Å². The largest absolute Gasteiger partial charge is 0.377 e. The molecule has 2 aliphatic rings. The molecule has 1 aliphatic heterocycles. The van der Waals surface area contributed by atoms with E-state index in [9.17, 15) is 4.79 Å². The van der Waals surface area contributed by atoms with Crippen LogP contribution in [-0.4, -0.2) is 56.4 Å². The van der Waals surface area contributed by atoms with E-state index in [1.165, 1.54) is 6.42 Å². The van der Waals surface area contributed by atoms with Gasteiger partial charge in [-0.2, -0.15) is 5.10 Å². The number of benzene rings is 2. The zero-order valence-electron chi connectivity index (χ0n) is 20.4. The summed E-state index contributed by atoms with van der Waals surface area (Å²) >= 11 is 0. The van der Waals surface area contributed by atoms with Crippen LogP contribution in [0.25, 0.3) is 22.2 Å². The summed E-state index contributed by atoms with van der Waals surface area (Å²) in [5.74, 6) is -0.111. The maximum atomic E-state index is 13.3. The third-order valence-corrected chi connectivity index (χ3v) is 6.82. The van der Waals surface area contributed by atoms with Crippen LogP contribution in [0.5, 0.6) is 0 Å². The normalized spacial score (nSPS) is 17.8. The number of carbonyl (C=O) groups is 1. The summed E-state index contributed by atoms with van der Waals surface area (Å²) < 4.78 is 6.88. The Morgan fingerprint density at radius 3 is 2.67 bits per heavy atom. The highest BCUT2D eigenvalue weighted by Gasteiger charge is 2.25. The minimum atomic E-state index is -0.111. The first-order chi connectivity index (χ1) is 17.7. The summed E-state index contributed by atoms with van der Waals surface area (Å²) in [7, 11) is 0. The van der Waals surface area contributed by atoms with Crippen LogP contribution in [0.2, 0.25) is 0 Å². The molecule has 2 fully saturated rings. The average Bonchev–Trinajstić information content (AvgIpc) is 3.72. The van der Waals surface area contributed by atoms with Gasteiger partial charge < -0.3 is 15.8 Å². The molecule has 0 bridgehead atoms. The highest BCUT2D eigenvalue weighted by molar-refractivity contribution is 5.99. The van der Waals surface area contributed by atoms with Crippen molar-refractivity contribution in [3.63, 3.8) is 0 Å². The van der Waals surface area contributed by atoms with E-state index in [1.807, 2.05) is 48.5 Å². The van der Waals surface area contributed by atoms with E-state index < -0.39 is 0 Å². The number of aromatic nitrogens is 5. The molecule has 6 rings (SSSR count). The molecule has 9 nitrogen and oxygen atoms in total. The van der Waals surface area contributed by atoms with Gasteiger partial charge in [0, 0.05) is 30.1 Å².